The van der Waals surface area contributed by atoms with Crippen LogP contribution in [0.5, 0.6) is 11.5 Å². The van der Waals surface area contributed by atoms with E-state index in [1.54, 1.807) is 6.07 Å². The van der Waals surface area contributed by atoms with Gasteiger partial charge < -0.3 is 4.74 Å². The van der Waals surface area contributed by atoms with E-state index < -0.39 is 0 Å². The van der Waals surface area contributed by atoms with Crippen LogP contribution in [0.4, 0.5) is 4.39 Å². The van der Waals surface area contributed by atoms with Crippen molar-refractivity contribution >= 4 is 31.9 Å². The summed E-state index contributed by atoms with van der Waals surface area (Å²) in [5, 5.41) is 0.546. The van der Waals surface area contributed by atoms with Gasteiger partial charge in [-0.3, -0.25) is 0 Å². The van der Waals surface area contributed by atoms with Crippen molar-refractivity contribution in [1.82, 2.24) is 0 Å². The molecule has 2 aromatic rings. The lowest BCUT2D eigenvalue weighted by atomic mass is 10.2. The molecule has 0 radical (unpaired) electrons. The highest BCUT2D eigenvalue weighted by molar-refractivity contribution is 9.10. The molecule has 0 atom stereocenters. The van der Waals surface area contributed by atoms with Crippen molar-refractivity contribution < 1.29 is 9.13 Å². The number of hydrogen-bond donors (Lipinski definition) is 0. The fourth-order valence-corrected chi connectivity index (χ4v) is 2.20. The summed E-state index contributed by atoms with van der Waals surface area (Å²) in [4.78, 5) is 0. The smallest absolute Gasteiger partial charge is 0.141 e. The maximum absolute atomic E-state index is 13.1. The van der Waals surface area contributed by atoms with E-state index in [2.05, 4.69) is 31.9 Å². The molecule has 0 heterocycles. The lowest BCUT2D eigenvalue weighted by Gasteiger charge is -2.10. The molecular formula is C13H9Br2FO. The molecule has 0 bridgehead atoms. The monoisotopic (exact) mass is 358 g/mol. The minimum Gasteiger partial charge on any atom is -0.456 e. The van der Waals surface area contributed by atoms with Crippen LogP contribution in [-0.4, -0.2) is 0 Å². The first-order valence-corrected chi connectivity index (χ1v) is 6.89. The third-order valence-corrected chi connectivity index (χ3v) is 3.48. The van der Waals surface area contributed by atoms with Crippen LogP contribution in [0.3, 0.4) is 0 Å². The van der Waals surface area contributed by atoms with E-state index >= 15 is 0 Å². The molecule has 0 spiro atoms. The third-order valence-electron chi connectivity index (χ3n) is 2.22. The van der Waals surface area contributed by atoms with Gasteiger partial charge in [0.05, 0.1) is 4.47 Å². The van der Waals surface area contributed by atoms with Crippen LogP contribution in [0.15, 0.2) is 46.9 Å². The summed E-state index contributed by atoms with van der Waals surface area (Å²) in [6.07, 6.45) is 0. The minimum absolute atomic E-state index is 0.265. The zero-order valence-corrected chi connectivity index (χ0v) is 12.0. The van der Waals surface area contributed by atoms with E-state index in [9.17, 15) is 4.39 Å². The summed E-state index contributed by atoms with van der Waals surface area (Å²) in [6.45, 7) is 0. The highest BCUT2D eigenvalue weighted by Crippen LogP contribution is 2.32. The highest BCUT2D eigenvalue weighted by Gasteiger charge is 2.07. The topological polar surface area (TPSA) is 9.23 Å². The molecule has 0 aliphatic carbocycles. The van der Waals surface area contributed by atoms with Crippen molar-refractivity contribution in [2.24, 2.45) is 0 Å². The standard InChI is InChI=1S/C13H9Br2FO/c14-8-9-7-10(16)5-6-12(9)17-13-4-2-1-3-11(13)15/h1-7H,8H2. The molecule has 0 saturated carbocycles. The number of hydrogen-bond acceptors (Lipinski definition) is 1. The molecular weight excluding hydrogens is 351 g/mol. The van der Waals surface area contributed by atoms with Crippen molar-refractivity contribution in [2.75, 3.05) is 0 Å². The van der Waals surface area contributed by atoms with Gasteiger partial charge in [-0.25, -0.2) is 4.39 Å². The highest BCUT2D eigenvalue weighted by atomic mass is 79.9. The molecule has 0 unspecified atom stereocenters. The van der Waals surface area contributed by atoms with Gasteiger partial charge in [0.25, 0.3) is 0 Å². The van der Waals surface area contributed by atoms with Gasteiger partial charge in [-0.2, -0.15) is 0 Å². The average Bonchev–Trinajstić information content (AvgIpc) is 2.34. The molecule has 0 aliphatic heterocycles. The molecule has 2 rings (SSSR count). The lowest BCUT2D eigenvalue weighted by Crippen LogP contribution is -1.91. The Morgan fingerprint density at radius 3 is 2.53 bits per heavy atom. The predicted octanol–water partition coefficient (Wildman–Crippen LogP) is 5.28. The van der Waals surface area contributed by atoms with Crippen LogP contribution in [0.2, 0.25) is 0 Å². The van der Waals surface area contributed by atoms with E-state index in [1.807, 2.05) is 24.3 Å². The number of rotatable bonds is 3. The molecule has 0 amide bonds. The van der Waals surface area contributed by atoms with Crippen molar-refractivity contribution in [3.05, 3.63) is 58.3 Å². The first-order valence-electron chi connectivity index (χ1n) is 4.97. The summed E-state index contributed by atoms with van der Waals surface area (Å²) < 4.78 is 19.7. The first-order chi connectivity index (χ1) is 8.20. The second-order valence-corrected chi connectivity index (χ2v) is 4.83. The zero-order valence-electron chi connectivity index (χ0n) is 8.79. The molecule has 2 aromatic carbocycles. The van der Waals surface area contributed by atoms with Gasteiger partial charge in [0.15, 0.2) is 0 Å². The van der Waals surface area contributed by atoms with Gasteiger partial charge >= 0.3 is 0 Å². The SMILES string of the molecule is Fc1ccc(Oc2ccccc2Br)c(CBr)c1. The molecule has 0 N–H and O–H groups in total. The predicted molar refractivity (Wildman–Crippen MR) is 73.2 cm³/mol. The fourth-order valence-electron chi connectivity index (χ4n) is 1.40. The van der Waals surface area contributed by atoms with Crippen LogP contribution in [0.25, 0.3) is 0 Å². The summed E-state index contributed by atoms with van der Waals surface area (Å²) in [5.74, 6) is 1.09. The van der Waals surface area contributed by atoms with E-state index in [0.29, 0.717) is 16.8 Å². The Kier molecular flexibility index (Phi) is 4.18. The Balaban J connectivity index is 2.33. The zero-order chi connectivity index (χ0) is 12.3. The van der Waals surface area contributed by atoms with Crippen molar-refractivity contribution in [3.63, 3.8) is 0 Å². The molecule has 1 nitrogen and oxygen atoms in total. The van der Waals surface area contributed by atoms with Gasteiger partial charge in [0.1, 0.15) is 17.3 Å². The molecule has 4 heteroatoms. The maximum Gasteiger partial charge on any atom is 0.141 e. The summed E-state index contributed by atoms with van der Waals surface area (Å²) in [6, 6.07) is 12.0. The van der Waals surface area contributed by atoms with Crippen molar-refractivity contribution in [2.45, 2.75) is 5.33 Å². The van der Waals surface area contributed by atoms with Crippen LogP contribution < -0.4 is 4.74 Å². The number of benzene rings is 2. The first kappa shape index (κ1) is 12.6. The maximum atomic E-state index is 13.1. The quantitative estimate of drug-likeness (QED) is 0.678. The van der Waals surface area contributed by atoms with E-state index in [4.69, 9.17) is 4.74 Å². The van der Waals surface area contributed by atoms with Crippen LogP contribution in [0, 0.1) is 5.82 Å². The normalized spacial score (nSPS) is 10.3. The Labute approximate surface area is 116 Å². The Hall–Kier alpha value is -0.870. The van der Waals surface area contributed by atoms with Gasteiger partial charge in [-0.15, -0.1) is 0 Å². The minimum atomic E-state index is -0.265. The Morgan fingerprint density at radius 1 is 1.06 bits per heavy atom. The van der Waals surface area contributed by atoms with Gasteiger partial charge in [-0.1, -0.05) is 28.1 Å². The fraction of sp³-hybridized carbons (Fsp3) is 0.0769. The summed E-state index contributed by atoms with van der Waals surface area (Å²) in [7, 11) is 0. The molecule has 0 saturated heterocycles. The lowest BCUT2D eigenvalue weighted by molar-refractivity contribution is 0.473. The summed E-state index contributed by atoms with van der Waals surface area (Å²) in [5.41, 5.74) is 0.778. The average molecular weight is 360 g/mol. The van der Waals surface area contributed by atoms with E-state index in [0.717, 1.165) is 10.0 Å². The Morgan fingerprint density at radius 2 is 1.82 bits per heavy atom. The van der Waals surface area contributed by atoms with Crippen molar-refractivity contribution in [1.29, 1.82) is 0 Å². The molecule has 0 aliphatic rings. The van der Waals surface area contributed by atoms with Crippen LogP contribution >= 0.6 is 31.9 Å². The van der Waals surface area contributed by atoms with Gasteiger partial charge in [0.2, 0.25) is 0 Å². The number of ether oxygens (including phenoxy) is 1. The molecule has 0 aromatic heterocycles. The van der Waals surface area contributed by atoms with Gasteiger partial charge in [0, 0.05) is 10.9 Å². The second-order valence-electron chi connectivity index (χ2n) is 3.42. The van der Waals surface area contributed by atoms with Gasteiger partial charge in [-0.05, 0) is 46.3 Å². The van der Waals surface area contributed by atoms with E-state index in [1.165, 1.54) is 12.1 Å². The third kappa shape index (κ3) is 3.07. The summed E-state index contributed by atoms with van der Waals surface area (Å²) >= 11 is 6.72. The Bertz CT molecular complexity index is 529. The number of para-hydroxylation sites is 1. The van der Waals surface area contributed by atoms with E-state index in [-0.39, 0.29) is 5.82 Å². The second kappa shape index (κ2) is 5.65. The van der Waals surface area contributed by atoms with Crippen LogP contribution in [-0.2, 0) is 5.33 Å². The number of alkyl halides is 1. The largest absolute Gasteiger partial charge is 0.456 e. The molecule has 88 valence electrons. The molecule has 17 heavy (non-hydrogen) atoms. The molecule has 0 fully saturated rings. The van der Waals surface area contributed by atoms with Crippen molar-refractivity contribution in [3.8, 4) is 11.5 Å². The number of halogens is 3. The van der Waals surface area contributed by atoms with Crippen LogP contribution in [0.1, 0.15) is 5.56 Å².